The van der Waals surface area contributed by atoms with Crippen LogP contribution in [-0.2, 0) is 17.8 Å². The average Bonchev–Trinajstić information content (AvgIpc) is 3.08. The number of aliphatic hydroxyl groups is 1. The van der Waals surface area contributed by atoms with Crippen LogP contribution >= 0.6 is 0 Å². The Morgan fingerprint density at radius 2 is 2.04 bits per heavy atom. The molecule has 1 amide bonds. The molecule has 0 aliphatic rings. The number of hydrogen-bond acceptors (Lipinski definition) is 7. The van der Waals surface area contributed by atoms with Crippen molar-refractivity contribution in [3.8, 4) is 11.5 Å². The van der Waals surface area contributed by atoms with Gasteiger partial charge in [0.1, 0.15) is 12.4 Å². The maximum absolute atomic E-state index is 12.4. The Labute approximate surface area is 165 Å². The molecule has 0 unspecified atom stereocenters. The molecule has 3 N–H and O–H groups in total. The maximum Gasteiger partial charge on any atom is 0.244 e. The predicted octanol–water partition coefficient (Wildman–Crippen LogP) is 0.747. The number of aliphatic hydroxyl groups excluding tert-OH is 1. The summed E-state index contributed by atoms with van der Waals surface area (Å²) in [6.45, 7) is 2.38. The minimum Gasteiger partial charge on any atom is -0.493 e. The van der Waals surface area contributed by atoms with Crippen LogP contribution in [0.15, 0.2) is 18.2 Å². The van der Waals surface area contributed by atoms with Crippen molar-refractivity contribution in [3.63, 3.8) is 0 Å². The molecule has 1 aromatic carbocycles. The molecular formula is C19H29N5O4. The minimum atomic E-state index is -0.359. The smallest absolute Gasteiger partial charge is 0.244 e. The van der Waals surface area contributed by atoms with Crippen LogP contribution in [0.3, 0.4) is 0 Å². The molecule has 0 aliphatic heterocycles. The summed E-state index contributed by atoms with van der Waals surface area (Å²) in [6.07, 6.45) is 1.01. The third-order valence-electron chi connectivity index (χ3n) is 4.32. The standard InChI is InChI=1S/C19H29N5O4/c1-13(20)19-21-17(11-14-6-7-15(27-3)16(10-14)28-4)22-24(19)12-18(26)23(2)8-5-9-25/h6-7,10,13,25H,5,8-9,11-12,20H2,1-4H3/t13-/m1/s1. The summed E-state index contributed by atoms with van der Waals surface area (Å²) in [4.78, 5) is 18.5. The number of aromatic nitrogens is 3. The summed E-state index contributed by atoms with van der Waals surface area (Å²) in [7, 11) is 4.87. The van der Waals surface area contributed by atoms with Crippen molar-refractivity contribution < 1.29 is 19.4 Å². The highest BCUT2D eigenvalue weighted by Crippen LogP contribution is 2.28. The van der Waals surface area contributed by atoms with Crippen molar-refractivity contribution in [2.75, 3.05) is 34.4 Å². The second-order valence-corrected chi connectivity index (χ2v) is 6.59. The van der Waals surface area contributed by atoms with Gasteiger partial charge in [-0.15, -0.1) is 0 Å². The number of rotatable bonds is 10. The largest absolute Gasteiger partial charge is 0.493 e. The minimum absolute atomic E-state index is 0.0432. The van der Waals surface area contributed by atoms with Crippen LogP contribution in [0, 0.1) is 0 Å². The molecule has 1 aromatic heterocycles. The number of carbonyl (C=O) groups excluding carboxylic acids is 1. The average molecular weight is 391 g/mol. The number of amides is 1. The van der Waals surface area contributed by atoms with E-state index in [0.717, 1.165) is 5.56 Å². The highest BCUT2D eigenvalue weighted by molar-refractivity contribution is 5.75. The van der Waals surface area contributed by atoms with Gasteiger partial charge in [0, 0.05) is 26.6 Å². The summed E-state index contributed by atoms with van der Waals surface area (Å²) in [5.74, 6) is 2.30. The molecule has 0 bridgehead atoms. The van der Waals surface area contributed by atoms with E-state index in [-0.39, 0.29) is 25.1 Å². The van der Waals surface area contributed by atoms with Crippen LogP contribution in [-0.4, -0.2) is 65.1 Å². The van der Waals surface area contributed by atoms with Crippen LogP contribution in [0.4, 0.5) is 0 Å². The van der Waals surface area contributed by atoms with Gasteiger partial charge >= 0.3 is 0 Å². The first-order chi connectivity index (χ1) is 13.4. The lowest BCUT2D eigenvalue weighted by atomic mass is 10.1. The van der Waals surface area contributed by atoms with E-state index < -0.39 is 0 Å². The Balaban J connectivity index is 2.19. The van der Waals surface area contributed by atoms with Gasteiger partial charge in [-0.2, -0.15) is 5.10 Å². The van der Waals surface area contributed by atoms with Crippen molar-refractivity contribution >= 4 is 5.91 Å². The van der Waals surface area contributed by atoms with Gasteiger partial charge in [0.05, 0.1) is 20.3 Å². The third-order valence-corrected chi connectivity index (χ3v) is 4.32. The fourth-order valence-corrected chi connectivity index (χ4v) is 2.79. The summed E-state index contributed by atoms with van der Waals surface area (Å²) in [5, 5.41) is 13.4. The Morgan fingerprint density at radius 1 is 1.32 bits per heavy atom. The molecule has 1 heterocycles. The summed E-state index contributed by atoms with van der Waals surface area (Å²) < 4.78 is 12.1. The molecule has 2 rings (SSSR count). The number of carbonyl (C=O) groups is 1. The van der Waals surface area contributed by atoms with Gasteiger partial charge in [0.25, 0.3) is 0 Å². The SMILES string of the molecule is COc1ccc(Cc2nc([C@@H](C)N)n(CC(=O)N(C)CCCO)n2)cc1OC. The van der Waals surface area contributed by atoms with E-state index in [2.05, 4.69) is 10.1 Å². The summed E-state index contributed by atoms with van der Waals surface area (Å²) in [5.41, 5.74) is 6.97. The van der Waals surface area contributed by atoms with Crippen molar-refractivity contribution in [3.05, 3.63) is 35.4 Å². The molecule has 0 saturated carbocycles. The number of likely N-dealkylation sites (N-methyl/N-ethyl adjacent to an activating group) is 1. The summed E-state index contributed by atoms with van der Waals surface area (Å²) in [6, 6.07) is 5.26. The first-order valence-corrected chi connectivity index (χ1v) is 9.14. The monoisotopic (exact) mass is 391 g/mol. The zero-order valence-electron chi connectivity index (χ0n) is 16.9. The molecule has 1 atom stereocenters. The molecule has 28 heavy (non-hydrogen) atoms. The van der Waals surface area contributed by atoms with Gasteiger partial charge in [-0.1, -0.05) is 6.07 Å². The van der Waals surface area contributed by atoms with E-state index >= 15 is 0 Å². The maximum atomic E-state index is 12.4. The van der Waals surface area contributed by atoms with Gasteiger partial charge in [-0.25, -0.2) is 9.67 Å². The van der Waals surface area contributed by atoms with E-state index in [1.165, 1.54) is 0 Å². The highest BCUT2D eigenvalue weighted by Gasteiger charge is 2.18. The lowest BCUT2D eigenvalue weighted by Crippen LogP contribution is -2.32. The Bertz CT molecular complexity index is 791. The first-order valence-electron chi connectivity index (χ1n) is 9.14. The van der Waals surface area contributed by atoms with E-state index in [1.54, 1.807) is 37.8 Å². The molecule has 0 radical (unpaired) electrons. The molecular weight excluding hydrogens is 362 g/mol. The highest BCUT2D eigenvalue weighted by atomic mass is 16.5. The first kappa shape index (κ1) is 21.6. The number of benzene rings is 1. The van der Waals surface area contributed by atoms with Crippen molar-refractivity contribution in [1.29, 1.82) is 0 Å². The normalized spacial score (nSPS) is 11.9. The second kappa shape index (κ2) is 10.0. The molecule has 0 aliphatic carbocycles. The predicted molar refractivity (Wildman–Crippen MR) is 104 cm³/mol. The van der Waals surface area contributed by atoms with Gasteiger partial charge in [-0.05, 0) is 31.0 Å². The second-order valence-electron chi connectivity index (χ2n) is 6.59. The van der Waals surface area contributed by atoms with E-state index in [9.17, 15) is 4.79 Å². The molecule has 0 fully saturated rings. The third kappa shape index (κ3) is 5.43. The van der Waals surface area contributed by atoms with Gasteiger partial charge in [0.15, 0.2) is 17.3 Å². The fraction of sp³-hybridized carbons (Fsp3) is 0.526. The van der Waals surface area contributed by atoms with Crippen molar-refractivity contribution in [1.82, 2.24) is 19.7 Å². The fourth-order valence-electron chi connectivity index (χ4n) is 2.79. The van der Waals surface area contributed by atoms with E-state index in [1.807, 2.05) is 18.2 Å². The molecule has 0 saturated heterocycles. The number of ether oxygens (including phenoxy) is 2. The number of hydrogen-bond donors (Lipinski definition) is 2. The van der Waals surface area contributed by atoms with Gasteiger partial charge < -0.3 is 25.2 Å². The Hall–Kier alpha value is -2.65. The Kier molecular flexibility index (Phi) is 7.77. The molecule has 0 spiro atoms. The van der Waals surface area contributed by atoms with Crippen LogP contribution in [0.5, 0.6) is 11.5 Å². The molecule has 2 aromatic rings. The van der Waals surface area contributed by atoms with E-state index in [0.29, 0.717) is 42.5 Å². The van der Waals surface area contributed by atoms with Crippen LogP contribution in [0.2, 0.25) is 0 Å². The zero-order valence-corrected chi connectivity index (χ0v) is 16.9. The quantitative estimate of drug-likeness (QED) is 0.614. The van der Waals surface area contributed by atoms with Crippen LogP contribution in [0.25, 0.3) is 0 Å². The number of nitrogens with zero attached hydrogens (tertiary/aromatic N) is 4. The Morgan fingerprint density at radius 3 is 2.64 bits per heavy atom. The van der Waals surface area contributed by atoms with Crippen LogP contribution < -0.4 is 15.2 Å². The zero-order chi connectivity index (χ0) is 20.7. The molecule has 9 nitrogen and oxygen atoms in total. The lowest BCUT2D eigenvalue weighted by molar-refractivity contribution is -0.130. The number of methoxy groups -OCH3 is 2. The topological polar surface area (TPSA) is 116 Å². The van der Waals surface area contributed by atoms with Gasteiger partial charge in [-0.3, -0.25) is 4.79 Å². The summed E-state index contributed by atoms with van der Waals surface area (Å²) >= 11 is 0. The van der Waals surface area contributed by atoms with Crippen molar-refractivity contribution in [2.45, 2.75) is 32.4 Å². The van der Waals surface area contributed by atoms with Crippen LogP contribution in [0.1, 0.15) is 36.6 Å². The lowest BCUT2D eigenvalue weighted by Gasteiger charge is -2.17. The number of nitrogens with two attached hydrogens (primary N) is 1. The molecule has 9 heteroatoms. The van der Waals surface area contributed by atoms with Crippen molar-refractivity contribution in [2.24, 2.45) is 5.73 Å². The molecule has 154 valence electrons. The van der Waals surface area contributed by atoms with E-state index in [4.69, 9.17) is 20.3 Å². The van der Waals surface area contributed by atoms with Gasteiger partial charge in [0.2, 0.25) is 5.91 Å².